The van der Waals surface area contributed by atoms with E-state index in [0.717, 1.165) is 25.7 Å². The number of piperidine rings is 1. The van der Waals surface area contributed by atoms with Crippen LogP contribution in [0.1, 0.15) is 24.0 Å². The molecule has 0 bridgehead atoms. The van der Waals surface area contributed by atoms with E-state index >= 15 is 0 Å². The number of rotatable bonds is 2. The zero-order chi connectivity index (χ0) is 11.7. The summed E-state index contributed by atoms with van der Waals surface area (Å²) in [5.41, 5.74) is 3.13. The first-order valence-electron chi connectivity index (χ1n) is 6.67. The molecule has 1 atom stereocenters. The summed E-state index contributed by atoms with van der Waals surface area (Å²) in [6.07, 6.45) is 2.64. The Hall–Kier alpha value is -0.860. The van der Waals surface area contributed by atoms with Gasteiger partial charge in [-0.2, -0.15) is 0 Å². The van der Waals surface area contributed by atoms with Crippen molar-refractivity contribution in [1.82, 2.24) is 5.32 Å². The first kappa shape index (κ1) is 11.2. The second-order valence-electron chi connectivity index (χ2n) is 5.56. The molecule has 0 aliphatic carbocycles. The molecule has 1 N–H and O–H groups in total. The minimum atomic E-state index is 0.291. The van der Waals surface area contributed by atoms with Gasteiger partial charge in [0.1, 0.15) is 0 Å². The highest BCUT2D eigenvalue weighted by Gasteiger charge is 2.47. The van der Waals surface area contributed by atoms with Crippen LogP contribution in [0.3, 0.4) is 0 Å². The molecule has 2 aliphatic rings. The number of nitrogens with one attached hydrogen (secondary N) is 1. The van der Waals surface area contributed by atoms with Crippen LogP contribution in [-0.4, -0.2) is 26.3 Å². The molecule has 2 saturated heterocycles. The van der Waals surface area contributed by atoms with Crippen molar-refractivity contribution < 1.29 is 4.74 Å². The van der Waals surface area contributed by atoms with E-state index in [4.69, 9.17) is 4.74 Å². The van der Waals surface area contributed by atoms with Crippen molar-refractivity contribution >= 4 is 0 Å². The third-order valence-corrected chi connectivity index (χ3v) is 4.39. The highest BCUT2D eigenvalue weighted by molar-refractivity contribution is 5.33. The Morgan fingerprint density at radius 1 is 1.35 bits per heavy atom. The van der Waals surface area contributed by atoms with Crippen molar-refractivity contribution in [2.45, 2.75) is 25.2 Å². The summed E-state index contributed by atoms with van der Waals surface area (Å²) in [5.74, 6) is 0.742. The maximum atomic E-state index is 5.56. The van der Waals surface area contributed by atoms with Gasteiger partial charge in [0.2, 0.25) is 0 Å². The molecule has 3 rings (SSSR count). The van der Waals surface area contributed by atoms with Crippen molar-refractivity contribution in [2.75, 3.05) is 26.3 Å². The Kier molecular flexibility index (Phi) is 2.93. The van der Waals surface area contributed by atoms with Gasteiger partial charge in [-0.25, -0.2) is 0 Å². The molecule has 2 nitrogen and oxygen atoms in total. The van der Waals surface area contributed by atoms with Crippen LogP contribution >= 0.6 is 0 Å². The first-order valence-corrected chi connectivity index (χ1v) is 6.67. The average Bonchev–Trinajstić information content (AvgIpc) is 2.29. The molecule has 92 valence electrons. The molecule has 0 amide bonds. The van der Waals surface area contributed by atoms with Gasteiger partial charge in [0.05, 0.1) is 13.2 Å². The van der Waals surface area contributed by atoms with Crippen molar-refractivity contribution in [2.24, 2.45) is 5.92 Å². The summed E-state index contributed by atoms with van der Waals surface area (Å²) < 4.78 is 5.56. The topological polar surface area (TPSA) is 21.3 Å². The lowest BCUT2D eigenvalue weighted by Gasteiger charge is -2.49. The maximum absolute atomic E-state index is 5.56. The molecular weight excluding hydrogens is 210 g/mol. The van der Waals surface area contributed by atoms with Gasteiger partial charge in [0.15, 0.2) is 0 Å². The van der Waals surface area contributed by atoms with Crippen LogP contribution in [-0.2, 0) is 10.2 Å². The van der Waals surface area contributed by atoms with Gasteiger partial charge in [0.25, 0.3) is 0 Å². The predicted octanol–water partition coefficient (Wildman–Crippen LogP) is 2.26. The van der Waals surface area contributed by atoms with E-state index < -0.39 is 0 Å². The second kappa shape index (κ2) is 4.43. The molecule has 0 aromatic heterocycles. The molecule has 17 heavy (non-hydrogen) atoms. The molecule has 2 aliphatic heterocycles. The first-order chi connectivity index (χ1) is 8.31. The van der Waals surface area contributed by atoms with E-state index in [1.165, 1.54) is 30.5 Å². The average molecular weight is 231 g/mol. The largest absolute Gasteiger partial charge is 0.379 e. The van der Waals surface area contributed by atoms with Gasteiger partial charge in [-0.3, -0.25) is 0 Å². The van der Waals surface area contributed by atoms with E-state index in [1.807, 2.05) is 0 Å². The minimum absolute atomic E-state index is 0.291. The summed E-state index contributed by atoms with van der Waals surface area (Å²) in [6.45, 7) is 6.32. The highest BCUT2D eigenvalue weighted by Crippen LogP contribution is 2.42. The Morgan fingerprint density at radius 3 is 2.82 bits per heavy atom. The molecule has 1 aromatic rings. The Balaban J connectivity index is 1.90. The van der Waals surface area contributed by atoms with Gasteiger partial charge in [-0.15, -0.1) is 0 Å². The molecule has 0 radical (unpaired) electrons. The smallest absolute Gasteiger partial charge is 0.0588 e. The molecule has 0 spiro atoms. The lowest BCUT2D eigenvalue weighted by Crippen LogP contribution is -2.56. The SMILES string of the molecule is Cc1cccc(C2(C3CCCNC3)COC2)c1. The number of hydrogen-bond donors (Lipinski definition) is 1. The number of aryl methyl sites for hydroxylation is 1. The Labute approximate surface area is 103 Å². The van der Waals surface area contributed by atoms with E-state index in [-0.39, 0.29) is 0 Å². The van der Waals surface area contributed by atoms with Crippen LogP contribution in [0.4, 0.5) is 0 Å². The summed E-state index contributed by atoms with van der Waals surface area (Å²) in [5, 5.41) is 3.54. The fourth-order valence-corrected chi connectivity index (χ4v) is 3.24. The predicted molar refractivity (Wildman–Crippen MR) is 69.3 cm³/mol. The van der Waals surface area contributed by atoms with Gasteiger partial charge < -0.3 is 10.1 Å². The lowest BCUT2D eigenvalue weighted by molar-refractivity contribution is -0.0947. The van der Waals surface area contributed by atoms with E-state index in [1.54, 1.807) is 0 Å². The lowest BCUT2D eigenvalue weighted by atomic mass is 9.66. The molecule has 1 aromatic carbocycles. The van der Waals surface area contributed by atoms with Crippen molar-refractivity contribution in [3.05, 3.63) is 35.4 Å². The van der Waals surface area contributed by atoms with Crippen LogP contribution in [0.25, 0.3) is 0 Å². The maximum Gasteiger partial charge on any atom is 0.0588 e. The summed E-state index contributed by atoms with van der Waals surface area (Å²) >= 11 is 0. The van der Waals surface area contributed by atoms with Crippen LogP contribution in [0, 0.1) is 12.8 Å². The molecule has 0 saturated carbocycles. The van der Waals surface area contributed by atoms with Crippen LogP contribution in [0.5, 0.6) is 0 Å². The molecule has 1 unspecified atom stereocenters. The third-order valence-electron chi connectivity index (χ3n) is 4.39. The van der Waals surface area contributed by atoms with Crippen molar-refractivity contribution in [3.63, 3.8) is 0 Å². The summed E-state index contributed by atoms with van der Waals surface area (Å²) in [6, 6.07) is 8.98. The van der Waals surface area contributed by atoms with Gasteiger partial charge in [-0.05, 0) is 44.3 Å². The van der Waals surface area contributed by atoms with E-state index in [0.29, 0.717) is 5.41 Å². The molecule has 2 heteroatoms. The highest BCUT2D eigenvalue weighted by atomic mass is 16.5. The quantitative estimate of drug-likeness (QED) is 0.843. The van der Waals surface area contributed by atoms with Crippen LogP contribution in [0.15, 0.2) is 24.3 Å². The molecule has 2 fully saturated rings. The molecular formula is C15H21NO. The summed E-state index contributed by atoms with van der Waals surface area (Å²) in [7, 11) is 0. The van der Waals surface area contributed by atoms with Crippen LogP contribution in [0.2, 0.25) is 0 Å². The standard InChI is InChI=1S/C15H21NO/c1-12-4-2-5-13(8-12)15(10-17-11-15)14-6-3-7-16-9-14/h2,4-5,8,14,16H,3,6-7,9-11H2,1H3. The monoisotopic (exact) mass is 231 g/mol. The Morgan fingerprint density at radius 2 is 2.24 bits per heavy atom. The van der Waals surface area contributed by atoms with E-state index in [9.17, 15) is 0 Å². The number of hydrogen-bond acceptors (Lipinski definition) is 2. The zero-order valence-corrected chi connectivity index (χ0v) is 10.5. The molecule has 2 heterocycles. The second-order valence-corrected chi connectivity index (χ2v) is 5.56. The number of ether oxygens (including phenoxy) is 1. The minimum Gasteiger partial charge on any atom is -0.379 e. The summed E-state index contributed by atoms with van der Waals surface area (Å²) in [4.78, 5) is 0. The fraction of sp³-hybridized carbons (Fsp3) is 0.600. The third kappa shape index (κ3) is 1.90. The Bertz CT molecular complexity index is 392. The van der Waals surface area contributed by atoms with Crippen LogP contribution < -0.4 is 5.32 Å². The zero-order valence-electron chi connectivity index (χ0n) is 10.5. The fourth-order valence-electron chi connectivity index (χ4n) is 3.24. The van der Waals surface area contributed by atoms with Crippen molar-refractivity contribution in [3.8, 4) is 0 Å². The van der Waals surface area contributed by atoms with Gasteiger partial charge in [0, 0.05) is 5.41 Å². The van der Waals surface area contributed by atoms with Gasteiger partial charge >= 0.3 is 0 Å². The van der Waals surface area contributed by atoms with E-state index in [2.05, 4.69) is 36.5 Å². The van der Waals surface area contributed by atoms with Gasteiger partial charge in [-0.1, -0.05) is 29.8 Å². The van der Waals surface area contributed by atoms with Crippen molar-refractivity contribution in [1.29, 1.82) is 0 Å². The number of benzene rings is 1. The normalized spacial score (nSPS) is 27.5.